The minimum atomic E-state index is -0.120. The number of nitrogens with one attached hydrogen (secondary N) is 1. The van der Waals surface area contributed by atoms with Gasteiger partial charge in [-0.15, -0.1) is 11.3 Å². The van der Waals surface area contributed by atoms with Crippen molar-refractivity contribution in [1.82, 2.24) is 9.55 Å². The summed E-state index contributed by atoms with van der Waals surface area (Å²) in [5, 5.41) is 6.25. The molecule has 33 heavy (non-hydrogen) atoms. The lowest BCUT2D eigenvalue weighted by Crippen LogP contribution is -2.29. The first-order chi connectivity index (χ1) is 16.2. The van der Waals surface area contributed by atoms with Crippen LogP contribution in [0.15, 0.2) is 72.2 Å². The SMILES string of the molecule is O=C(Nc1ccc(I)cc1)c1cc(-c2ccccc2)cn1Cc1csc(N2CCCCC2)n1. The maximum absolute atomic E-state index is 13.2. The summed E-state index contributed by atoms with van der Waals surface area (Å²) in [4.78, 5) is 20.5. The molecule has 3 heterocycles. The molecule has 1 fully saturated rings. The number of aromatic nitrogens is 2. The molecule has 0 bridgehead atoms. The number of halogens is 1. The van der Waals surface area contributed by atoms with Crippen molar-refractivity contribution in [2.24, 2.45) is 0 Å². The minimum Gasteiger partial charge on any atom is -0.348 e. The summed E-state index contributed by atoms with van der Waals surface area (Å²) in [7, 11) is 0. The van der Waals surface area contributed by atoms with Crippen molar-refractivity contribution >= 4 is 50.7 Å². The van der Waals surface area contributed by atoms with Crippen molar-refractivity contribution < 1.29 is 4.79 Å². The second kappa shape index (κ2) is 10.1. The van der Waals surface area contributed by atoms with Gasteiger partial charge < -0.3 is 14.8 Å². The van der Waals surface area contributed by atoms with E-state index in [0.29, 0.717) is 12.2 Å². The molecule has 0 saturated carbocycles. The van der Waals surface area contributed by atoms with E-state index in [9.17, 15) is 4.79 Å². The van der Waals surface area contributed by atoms with Crippen molar-refractivity contribution in [3.8, 4) is 11.1 Å². The third-order valence-corrected chi connectivity index (χ3v) is 7.51. The molecule has 0 aliphatic carbocycles. The minimum absolute atomic E-state index is 0.120. The molecule has 0 radical (unpaired) electrons. The van der Waals surface area contributed by atoms with Gasteiger partial charge in [0.25, 0.3) is 5.91 Å². The molecule has 7 heteroatoms. The van der Waals surface area contributed by atoms with Crippen molar-refractivity contribution in [3.05, 3.63) is 87.2 Å². The predicted octanol–water partition coefficient (Wildman–Crippen LogP) is 6.51. The standard InChI is InChI=1S/C26H25IN4OS/c27-21-9-11-22(12-10-21)28-25(32)24-15-20(19-7-3-1-4-8-19)16-31(24)17-23-18-33-26(29-23)30-13-5-2-6-14-30/h1,3-4,7-12,15-16,18H,2,5-6,13-14,17H2,(H,28,32). The summed E-state index contributed by atoms with van der Waals surface area (Å²) in [5.74, 6) is -0.120. The average Bonchev–Trinajstić information content (AvgIpc) is 3.50. The number of carbonyl (C=O) groups excluding carboxylic acids is 1. The van der Waals surface area contributed by atoms with Crippen LogP contribution in [0, 0.1) is 3.57 Å². The normalized spacial score (nSPS) is 13.8. The number of amides is 1. The Morgan fingerprint density at radius 3 is 2.52 bits per heavy atom. The molecule has 1 aliphatic heterocycles. The number of anilines is 2. The summed E-state index contributed by atoms with van der Waals surface area (Å²) in [6.07, 6.45) is 5.82. The molecule has 1 saturated heterocycles. The van der Waals surface area contributed by atoms with Crippen LogP contribution < -0.4 is 10.2 Å². The van der Waals surface area contributed by atoms with Gasteiger partial charge in [0.15, 0.2) is 5.13 Å². The molecule has 2 aromatic heterocycles. The first-order valence-corrected chi connectivity index (χ1v) is 13.1. The van der Waals surface area contributed by atoms with Gasteiger partial charge >= 0.3 is 0 Å². The van der Waals surface area contributed by atoms with Gasteiger partial charge in [-0.3, -0.25) is 4.79 Å². The van der Waals surface area contributed by atoms with Gasteiger partial charge in [-0.05, 0) is 77.7 Å². The number of thiazole rings is 1. The summed E-state index contributed by atoms with van der Waals surface area (Å²) >= 11 is 3.96. The number of rotatable bonds is 6. The van der Waals surface area contributed by atoms with Gasteiger partial charge in [-0.1, -0.05) is 30.3 Å². The van der Waals surface area contributed by atoms with Crippen LogP contribution in [0.4, 0.5) is 10.8 Å². The van der Waals surface area contributed by atoms with Gasteiger partial charge in [0.05, 0.1) is 12.2 Å². The number of hydrogen-bond acceptors (Lipinski definition) is 4. The number of carbonyl (C=O) groups is 1. The molecule has 4 aromatic rings. The van der Waals surface area contributed by atoms with Crippen LogP contribution in [0.5, 0.6) is 0 Å². The van der Waals surface area contributed by atoms with E-state index in [4.69, 9.17) is 4.98 Å². The zero-order valence-electron chi connectivity index (χ0n) is 18.2. The van der Waals surface area contributed by atoms with Crippen molar-refractivity contribution in [3.63, 3.8) is 0 Å². The molecule has 1 amide bonds. The Balaban J connectivity index is 1.42. The molecular formula is C26H25IN4OS. The van der Waals surface area contributed by atoms with Gasteiger partial charge in [-0.2, -0.15) is 0 Å². The molecule has 2 aromatic carbocycles. The van der Waals surface area contributed by atoms with Crippen LogP contribution in [0.2, 0.25) is 0 Å². The van der Waals surface area contributed by atoms with E-state index in [1.807, 2.05) is 53.1 Å². The van der Waals surface area contributed by atoms with Crippen LogP contribution in [-0.2, 0) is 6.54 Å². The lowest BCUT2D eigenvalue weighted by atomic mass is 10.1. The van der Waals surface area contributed by atoms with E-state index in [-0.39, 0.29) is 5.91 Å². The zero-order valence-corrected chi connectivity index (χ0v) is 21.2. The largest absolute Gasteiger partial charge is 0.348 e. The van der Waals surface area contributed by atoms with E-state index in [1.165, 1.54) is 19.3 Å². The molecule has 168 valence electrons. The summed E-state index contributed by atoms with van der Waals surface area (Å²) in [6, 6.07) is 20.0. The summed E-state index contributed by atoms with van der Waals surface area (Å²) in [5.41, 5.74) is 4.51. The van der Waals surface area contributed by atoms with E-state index in [2.05, 4.69) is 56.5 Å². The fourth-order valence-corrected chi connectivity index (χ4v) is 5.35. The third-order valence-electron chi connectivity index (χ3n) is 5.84. The molecular weight excluding hydrogens is 543 g/mol. The predicted molar refractivity (Wildman–Crippen MR) is 144 cm³/mol. The number of benzene rings is 2. The highest BCUT2D eigenvalue weighted by atomic mass is 127. The molecule has 1 N–H and O–H groups in total. The van der Waals surface area contributed by atoms with E-state index >= 15 is 0 Å². The quantitative estimate of drug-likeness (QED) is 0.270. The van der Waals surface area contributed by atoms with Crippen molar-refractivity contribution in [1.29, 1.82) is 0 Å². The van der Waals surface area contributed by atoms with Gasteiger partial charge in [0.1, 0.15) is 5.69 Å². The number of nitrogens with zero attached hydrogens (tertiary/aromatic N) is 3. The first kappa shape index (κ1) is 22.2. The van der Waals surface area contributed by atoms with Crippen LogP contribution >= 0.6 is 33.9 Å². The second-order valence-corrected chi connectivity index (χ2v) is 10.3. The monoisotopic (exact) mass is 568 g/mol. The molecule has 5 rings (SSSR count). The molecule has 0 unspecified atom stereocenters. The number of piperidine rings is 1. The van der Waals surface area contributed by atoms with Crippen molar-refractivity contribution in [2.45, 2.75) is 25.8 Å². The Hall–Kier alpha value is -2.65. The lowest BCUT2D eigenvalue weighted by molar-refractivity contribution is 0.101. The van der Waals surface area contributed by atoms with Gasteiger partial charge in [-0.25, -0.2) is 4.98 Å². The maximum Gasteiger partial charge on any atom is 0.272 e. The van der Waals surface area contributed by atoms with Gasteiger partial charge in [0.2, 0.25) is 0 Å². The highest BCUT2D eigenvalue weighted by Crippen LogP contribution is 2.27. The highest BCUT2D eigenvalue weighted by Gasteiger charge is 2.18. The Labute approximate surface area is 211 Å². The molecule has 1 aliphatic rings. The van der Waals surface area contributed by atoms with Crippen molar-refractivity contribution in [2.75, 3.05) is 23.3 Å². The van der Waals surface area contributed by atoms with E-state index < -0.39 is 0 Å². The Bertz CT molecular complexity index is 1230. The Kier molecular flexibility index (Phi) is 6.78. The third kappa shape index (κ3) is 5.30. The zero-order chi connectivity index (χ0) is 22.6. The smallest absolute Gasteiger partial charge is 0.272 e. The van der Waals surface area contributed by atoms with E-state index in [0.717, 1.165) is 44.3 Å². The van der Waals surface area contributed by atoms with Crippen LogP contribution in [0.1, 0.15) is 35.4 Å². The average molecular weight is 568 g/mol. The summed E-state index contributed by atoms with van der Waals surface area (Å²) < 4.78 is 3.15. The van der Waals surface area contributed by atoms with E-state index in [1.54, 1.807) is 11.3 Å². The Morgan fingerprint density at radius 2 is 1.76 bits per heavy atom. The lowest BCUT2D eigenvalue weighted by Gasteiger charge is -2.25. The second-order valence-electron chi connectivity index (χ2n) is 8.24. The highest BCUT2D eigenvalue weighted by molar-refractivity contribution is 14.1. The first-order valence-electron chi connectivity index (χ1n) is 11.2. The fraction of sp³-hybridized carbons (Fsp3) is 0.231. The van der Waals surface area contributed by atoms with Gasteiger partial charge in [0, 0.05) is 39.5 Å². The maximum atomic E-state index is 13.2. The Morgan fingerprint density at radius 1 is 1.00 bits per heavy atom. The number of hydrogen-bond donors (Lipinski definition) is 1. The van der Waals surface area contributed by atoms with Crippen LogP contribution in [0.3, 0.4) is 0 Å². The topological polar surface area (TPSA) is 50.2 Å². The van der Waals surface area contributed by atoms with Crippen LogP contribution in [0.25, 0.3) is 11.1 Å². The molecule has 5 nitrogen and oxygen atoms in total. The molecule has 0 spiro atoms. The molecule has 0 atom stereocenters. The summed E-state index contributed by atoms with van der Waals surface area (Å²) in [6.45, 7) is 2.73. The fourth-order valence-electron chi connectivity index (χ4n) is 4.12. The van der Waals surface area contributed by atoms with Crippen LogP contribution in [-0.4, -0.2) is 28.5 Å².